The lowest BCUT2D eigenvalue weighted by Gasteiger charge is -2.14. The van der Waals surface area contributed by atoms with Crippen LogP contribution in [0.2, 0.25) is 0 Å². The number of hydrogen-bond acceptors (Lipinski definition) is 3. The Morgan fingerprint density at radius 2 is 2.04 bits per heavy atom. The molecule has 5 heteroatoms. The summed E-state index contributed by atoms with van der Waals surface area (Å²) in [6.45, 7) is 8.74. The summed E-state index contributed by atoms with van der Waals surface area (Å²) in [4.78, 5) is 24.1. The van der Waals surface area contributed by atoms with Gasteiger partial charge in [-0.2, -0.15) is 0 Å². The highest BCUT2D eigenvalue weighted by molar-refractivity contribution is 5.97. The fourth-order valence-electron chi connectivity index (χ4n) is 2.49. The van der Waals surface area contributed by atoms with Gasteiger partial charge in [-0.1, -0.05) is 13.0 Å². The van der Waals surface area contributed by atoms with Gasteiger partial charge in [-0.05, 0) is 50.8 Å². The molecule has 126 valence electrons. The number of benzene rings is 1. The van der Waals surface area contributed by atoms with Crippen LogP contribution in [0, 0.1) is 11.8 Å². The smallest absolute Gasteiger partial charge is 0.255 e. The molecule has 1 aromatic carbocycles. The molecule has 1 aliphatic rings. The van der Waals surface area contributed by atoms with Crippen LogP contribution in [0.1, 0.15) is 50.0 Å². The molecule has 0 saturated heterocycles. The Kier molecular flexibility index (Phi) is 5.64. The molecule has 2 unspecified atom stereocenters. The molecule has 1 fully saturated rings. The summed E-state index contributed by atoms with van der Waals surface area (Å²) in [5, 5.41) is 5.81. The summed E-state index contributed by atoms with van der Waals surface area (Å²) in [5.41, 5.74) is 1.45. The van der Waals surface area contributed by atoms with Crippen molar-refractivity contribution in [3.05, 3.63) is 29.3 Å². The van der Waals surface area contributed by atoms with E-state index in [1.165, 1.54) is 0 Å². The molecule has 2 rings (SSSR count). The Morgan fingerprint density at radius 3 is 2.61 bits per heavy atom. The van der Waals surface area contributed by atoms with Crippen molar-refractivity contribution in [1.29, 1.82) is 0 Å². The fourth-order valence-corrected chi connectivity index (χ4v) is 2.49. The SMILES string of the molecule is CCOc1cc(CNC(=O)C2CC2C)ccc1C(=O)NC(C)C. The van der Waals surface area contributed by atoms with E-state index in [1.807, 2.05) is 32.9 Å². The molecule has 0 radical (unpaired) electrons. The highest BCUT2D eigenvalue weighted by atomic mass is 16.5. The van der Waals surface area contributed by atoms with Crippen molar-refractivity contribution >= 4 is 11.8 Å². The summed E-state index contributed by atoms with van der Waals surface area (Å²) in [6.07, 6.45) is 0.977. The summed E-state index contributed by atoms with van der Waals surface area (Å²) in [6, 6.07) is 5.50. The first-order valence-corrected chi connectivity index (χ1v) is 8.26. The summed E-state index contributed by atoms with van der Waals surface area (Å²) < 4.78 is 5.59. The molecule has 23 heavy (non-hydrogen) atoms. The van der Waals surface area contributed by atoms with Crippen LogP contribution in [0.5, 0.6) is 5.75 Å². The predicted molar refractivity (Wildman–Crippen MR) is 89.3 cm³/mol. The molecule has 1 aromatic rings. The van der Waals surface area contributed by atoms with E-state index in [2.05, 4.69) is 17.6 Å². The molecular formula is C18H26N2O3. The molecule has 0 spiro atoms. The summed E-state index contributed by atoms with van der Waals surface area (Å²) in [5.74, 6) is 1.17. The van der Waals surface area contributed by atoms with E-state index in [1.54, 1.807) is 6.07 Å². The quantitative estimate of drug-likeness (QED) is 0.811. The first-order chi connectivity index (χ1) is 10.9. The van der Waals surface area contributed by atoms with Crippen LogP contribution in [-0.4, -0.2) is 24.5 Å². The standard InChI is InChI=1S/C18H26N2O3/c1-5-23-16-9-13(10-19-17(21)15-8-12(15)4)6-7-14(16)18(22)20-11(2)3/h6-7,9,11-12,15H,5,8,10H2,1-4H3,(H,19,21)(H,20,22). The van der Waals surface area contributed by atoms with E-state index in [0.29, 0.717) is 30.4 Å². The lowest BCUT2D eigenvalue weighted by atomic mass is 10.1. The van der Waals surface area contributed by atoms with Crippen LogP contribution in [0.15, 0.2) is 18.2 Å². The van der Waals surface area contributed by atoms with Gasteiger partial charge in [0.1, 0.15) is 5.75 Å². The van der Waals surface area contributed by atoms with Gasteiger partial charge in [-0.3, -0.25) is 9.59 Å². The molecule has 0 heterocycles. The number of ether oxygens (including phenoxy) is 1. The lowest BCUT2D eigenvalue weighted by Crippen LogP contribution is -2.30. The van der Waals surface area contributed by atoms with Gasteiger partial charge in [0.05, 0.1) is 12.2 Å². The molecule has 0 bridgehead atoms. The monoisotopic (exact) mass is 318 g/mol. The van der Waals surface area contributed by atoms with E-state index >= 15 is 0 Å². The number of carbonyl (C=O) groups excluding carboxylic acids is 2. The van der Waals surface area contributed by atoms with E-state index in [-0.39, 0.29) is 23.8 Å². The van der Waals surface area contributed by atoms with Crippen molar-refractivity contribution in [2.45, 2.75) is 46.7 Å². The number of nitrogens with one attached hydrogen (secondary N) is 2. The van der Waals surface area contributed by atoms with Gasteiger partial charge in [0, 0.05) is 18.5 Å². The van der Waals surface area contributed by atoms with Crippen molar-refractivity contribution < 1.29 is 14.3 Å². The first-order valence-electron chi connectivity index (χ1n) is 8.26. The number of carbonyl (C=O) groups is 2. The molecular weight excluding hydrogens is 292 g/mol. The molecule has 1 aliphatic carbocycles. The van der Waals surface area contributed by atoms with Crippen molar-refractivity contribution in [3.63, 3.8) is 0 Å². The molecule has 0 aliphatic heterocycles. The number of hydrogen-bond donors (Lipinski definition) is 2. The minimum absolute atomic E-state index is 0.0662. The van der Waals surface area contributed by atoms with E-state index in [0.717, 1.165) is 12.0 Å². The molecule has 2 N–H and O–H groups in total. The Balaban J connectivity index is 2.05. The number of rotatable bonds is 7. The number of amides is 2. The molecule has 2 atom stereocenters. The van der Waals surface area contributed by atoms with Gasteiger partial charge in [0.15, 0.2) is 0 Å². The second-order valence-corrected chi connectivity index (χ2v) is 6.43. The normalized spacial score (nSPS) is 19.3. The highest BCUT2D eigenvalue weighted by Crippen LogP contribution is 2.37. The van der Waals surface area contributed by atoms with Crippen molar-refractivity contribution in [2.75, 3.05) is 6.61 Å². The molecule has 5 nitrogen and oxygen atoms in total. The molecule has 2 amide bonds. The molecule has 0 aromatic heterocycles. The maximum absolute atomic E-state index is 12.2. The van der Waals surface area contributed by atoms with Crippen molar-refractivity contribution in [1.82, 2.24) is 10.6 Å². The zero-order valence-electron chi connectivity index (χ0n) is 14.3. The van der Waals surface area contributed by atoms with Crippen LogP contribution < -0.4 is 15.4 Å². The van der Waals surface area contributed by atoms with E-state index in [4.69, 9.17) is 4.74 Å². The predicted octanol–water partition coefficient (Wildman–Crippen LogP) is 2.50. The first kappa shape index (κ1) is 17.3. The van der Waals surface area contributed by atoms with Gasteiger partial charge in [0.25, 0.3) is 5.91 Å². The van der Waals surface area contributed by atoms with Crippen molar-refractivity contribution in [2.24, 2.45) is 11.8 Å². The van der Waals surface area contributed by atoms with E-state index < -0.39 is 0 Å². The zero-order chi connectivity index (χ0) is 17.0. The van der Waals surface area contributed by atoms with Gasteiger partial charge in [-0.25, -0.2) is 0 Å². The Labute approximate surface area is 137 Å². The van der Waals surface area contributed by atoms with Crippen LogP contribution in [-0.2, 0) is 11.3 Å². The third-order valence-electron chi connectivity index (χ3n) is 3.92. The second kappa shape index (κ2) is 7.49. The minimum Gasteiger partial charge on any atom is -0.493 e. The maximum atomic E-state index is 12.2. The maximum Gasteiger partial charge on any atom is 0.255 e. The summed E-state index contributed by atoms with van der Waals surface area (Å²) in [7, 11) is 0. The molecule has 1 saturated carbocycles. The van der Waals surface area contributed by atoms with Gasteiger partial charge in [0.2, 0.25) is 5.91 Å². The second-order valence-electron chi connectivity index (χ2n) is 6.43. The van der Waals surface area contributed by atoms with Gasteiger partial charge < -0.3 is 15.4 Å². The Hall–Kier alpha value is -2.04. The lowest BCUT2D eigenvalue weighted by molar-refractivity contribution is -0.122. The average Bonchev–Trinajstić information content (AvgIpc) is 3.21. The summed E-state index contributed by atoms with van der Waals surface area (Å²) >= 11 is 0. The topological polar surface area (TPSA) is 67.4 Å². The van der Waals surface area contributed by atoms with Crippen molar-refractivity contribution in [3.8, 4) is 5.75 Å². The van der Waals surface area contributed by atoms with Gasteiger partial charge in [-0.15, -0.1) is 0 Å². The van der Waals surface area contributed by atoms with Gasteiger partial charge >= 0.3 is 0 Å². The fraction of sp³-hybridized carbons (Fsp3) is 0.556. The Morgan fingerprint density at radius 1 is 1.35 bits per heavy atom. The highest BCUT2D eigenvalue weighted by Gasteiger charge is 2.38. The third-order valence-corrected chi connectivity index (χ3v) is 3.92. The van der Waals surface area contributed by atoms with Crippen LogP contribution in [0.25, 0.3) is 0 Å². The van der Waals surface area contributed by atoms with E-state index in [9.17, 15) is 9.59 Å². The van der Waals surface area contributed by atoms with Crippen LogP contribution in [0.4, 0.5) is 0 Å². The average molecular weight is 318 g/mol. The van der Waals surface area contributed by atoms with Crippen LogP contribution >= 0.6 is 0 Å². The minimum atomic E-state index is -0.147. The van der Waals surface area contributed by atoms with Crippen LogP contribution in [0.3, 0.4) is 0 Å². The largest absolute Gasteiger partial charge is 0.493 e. The third kappa shape index (κ3) is 4.71. The zero-order valence-corrected chi connectivity index (χ0v) is 14.3. The Bertz CT molecular complexity index is 584.